The van der Waals surface area contributed by atoms with Crippen LogP contribution >= 0.6 is 0 Å². The Labute approximate surface area is 97.9 Å². The van der Waals surface area contributed by atoms with E-state index in [-0.39, 0.29) is 0 Å². The molecule has 0 bridgehead atoms. The van der Waals surface area contributed by atoms with E-state index < -0.39 is 0 Å². The number of hydrogen-bond donors (Lipinski definition) is 0. The summed E-state index contributed by atoms with van der Waals surface area (Å²) in [4.78, 5) is 0. The molecule has 0 saturated heterocycles. The summed E-state index contributed by atoms with van der Waals surface area (Å²) in [7, 11) is 0. The second kappa shape index (κ2) is 4.98. The minimum absolute atomic E-state index is 0.502. The molecule has 16 heavy (non-hydrogen) atoms. The van der Waals surface area contributed by atoms with Gasteiger partial charge < -0.3 is 0 Å². The Morgan fingerprint density at radius 3 is 1.31 bits per heavy atom. The molecule has 2 aromatic rings. The Kier molecular flexibility index (Phi) is 3.40. The molecule has 2 aromatic carbocycles. The van der Waals surface area contributed by atoms with Crippen molar-refractivity contribution in [3.05, 3.63) is 71.8 Å². The summed E-state index contributed by atoms with van der Waals surface area (Å²) in [5.41, 5.74) is 2.81. The van der Waals surface area contributed by atoms with Crippen LogP contribution in [0.25, 0.3) is 0 Å². The maximum Gasteiger partial charge on any atom is 0.0112 e. The van der Waals surface area contributed by atoms with Crippen molar-refractivity contribution in [1.29, 1.82) is 0 Å². The Bertz CT molecular complexity index is 375. The third kappa shape index (κ3) is 2.33. The summed E-state index contributed by atoms with van der Waals surface area (Å²) < 4.78 is 0. The van der Waals surface area contributed by atoms with Gasteiger partial charge in [-0.1, -0.05) is 74.5 Å². The van der Waals surface area contributed by atoms with Crippen LogP contribution in [-0.2, 0) is 0 Å². The fourth-order valence-electron chi connectivity index (χ4n) is 2.28. The molecule has 0 aliphatic heterocycles. The topological polar surface area (TPSA) is 0 Å². The number of rotatable bonds is 3. The first kappa shape index (κ1) is 10.9. The maximum absolute atomic E-state index is 2.28. The van der Waals surface area contributed by atoms with E-state index in [1.165, 1.54) is 11.1 Å². The van der Waals surface area contributed by atoms with Crippen LogP contribution in [0, 0.1) is 5.92 Å². The van der Waals surface area contributed by atoms with E-state index in [2.05, 4.69) is 74.5 Å². The first-order valence-corrected chi connectivity index (χ1v) is 5.89. The van der Waals surface area contributed by atoms with Gasteiger partial charge in [0.15, 0.2) is 0 Å². The van der Waals surface area contributed by atoms with Crippen molar-refractivity contribution in [3.8, 4) is 0 Å². The average Bonchev–Trinajstić information content (AvgIpc) is 2.31. The fourth-order valence-corrected chi connectivity index (χ4v) is 2.28. The van der Waals surface area contributed by atoms with Gasteiger partial charge in [-0.05, 0) is 17.0 Å². The molecule has 0 radical (unpaired) electrons. The summed E-state index contributed by atoms with van der Waals surface area (Å²) in [6, 6.07) is 21.5. The quantitative estimate of drug-likeness (QED) is 0.701. The van der Waals surface area contributed by atoms with E-state index in [0.29, 0.717) is 11.8 Å². The summed E-state index contributed by atoms with van der Waals surface area (Å²) in [5, 5.41) is 0. The van der Waals surface area contributed by atoms with Crippen molar-refractivity contribution in [2.24, 2.45) is 5.92 Å². The van der Waals surface area contributed by atoms with Gasteiger partial charge in [-0.3, -0.25) is 0 Å². The van der Waals surface area contributed by atoms with Crippen LogP contribution < -0.4 is 0 Å². The van der Waals surface area contributed by atoms with Gasteiger partial charge in [0.05, 0.1) is 0 Å². The monoisotopic (exact) mass is 210 g/mol. The lowest BCUT2D eigenvalue weighted by molar-refractivity contribution is 0.564. The highest BCUT2D eigenvalue weighted by molar-refractivity contribution is 5.32. The largest absolute Gasteiger partial charge is 0.0622 e. The van der Waals surface area contributed by atoms with Crippen LogP contribution in [0.1, 0.15) is 30.9 Å². The van der Waals surface area contributed by atoms with Crippen LogP contribution in [-0.4, -0.2) is 0 Å². The van der Waals surface area contributed by atoms with E-state index >= 15 is 0 Å². The van der Waals surface area contributed by atoms with Crippen molar-refractivity contribution in [1.82, 2.24) is 0 Å². The molecule has 0 spiro atoms. The molecule has 0 aliphatic rings. The molecule has 0 aliphatic carbocycles. The Hall–Kier alpha value is -1.56. The molecule has 0 nitrogen and oxygen atoms in total. The van der Waals surface area contributed by atoms with Crippen LogP contribution in [0.3, 0.4) is 0 Å². The highest BCUT2D eigenvalue weighted by Crippen LogP contribution is 2.31. The van der Waals surface area contributed by atoms with E-state index in [1.54, 1.807) is 0 Å². The molecule has 0 atom stereocenters. The molecule has 82 valence electrons. The van der Waals surface area contributed by atoms with Gasteiger partial charge >= 0.3 is 0 Å². The number of hydrogen-bond acceptors (Lipinski definition) is 0. The predicted molar refractivity (Wildman–Crippen MR) is 69.6 cm³/mol. The van der Waals surface area contributed by atoms with E-state index in [4.69, 9.17) is 0 Å². The molecule has 0 heterocycles. The van der Waals surface area contributed by atoms with Gasteiger partial charge in [0.1, 0.15) is 0 Å². The van der Waals surface area contributed by atoms with Gasteiger partial charge in [0.2, 0.25) is 0 Å². The Balaban J connectivity index is 2.40. The third-order valence-corrected chi connectivity index (χ3v) is 2.98. The maximum atomic E-state index is 2.28. The van der Waals surface area contributed by atoms with Gasteiger partial charge in [-0.25, -0.2) is 0 Å². The van der Waals surface area contributed by atoms with Crippen molar-refractivity contribution in [2.75, 3.05) is 0 Å². The van der Waals surface area contributed by atoms with Crippen LogP contribution in [0.4, 0.5) is 0 Å². The van der Waals surface area contributed by atoms with Crippen LogP contribution in [0.5, 0.6) is 0 Å². The number of benzene rings is 2. The van der Waals surface area contributed by atoms with Crippen LogP contribution in [0.15, 0.2) is 60.7 Å². The highest BCUT2D eigenvalue weighted by Gasteiger charge is 2.16. The normalized spacial score (nSPS) is 11.0. The molecule has 2 rings (SSSR count). The van der Waals surface area contributed by atoms with Crippen molar-refractivity contribution >= 4 is 0 Å². The molecule has 0 heteroatoms. The van der Waals surface area contributed by atoms with Gasteiger partial charge in [0, 0.05) is 5.92 Å². The summed E-state index contributed by atoms with van der Waals surface area (Å²) in [6.45, 7) is 4.56. The second-order valence-electron chi connectivity index (χ2n) is 4.54. The lowest BCUT2D eigenvalue weighted by Gasteiger charge is -2.21. The Morgan fingerprint density at radius 2 is 1.00 bits per heavy atom. The lowest BCUT2D eigenvalue weighted by Crippen LogP contribution is -2.08. The molecule has 0 amide bonds. The molecular weight excluding hydrogens is 192 g/mol. The Morgan fingerprint density at radius 1 is 0.625 bits per heavy atom. The fraction of sp³-hybridized carbons (Fsp3) is 0.250. The highest BCUT2D eigenvalue weighted by atomic mass is 14.2. The molecular formula is C16H18. The molecule has 0 saturated carbocycles. The standard InChI is InChI=1S/C16H18/c1-13(2)16(14-9-5-3-6-10-14)15-11-7-4-8-12-15/h3-13,16H,1-2H3. The summed E-state index contributed by atoms with van der Waals surface area (Å²) in [5.74, 6) is 1.12. The minimum atomic E-state index is 0.502. The first-order valence-electron chi connectivity index (χ1n) is 5.89. The van der Waals surface area contributed by atoms with E-state index in [0.717, 1.165) is 0 Å². The molecule has 0 aromatic heterocycles. The van der Waals surface area contributed by atoms with E-state index in [9.17, 15) is 0 Å². The smallest absolute Gasteiger partial charge is 0.0112 e. The minimum Gasteiger partial charge on any atom is -0.0622 e. The van der Waals surface area contributed by atoms with Crippen LogP contribution in [0.2, 0.25) is 0 Å². The molecule has 0 fully saturated rings. The first-order chi connectivity index (χ1) is 7.79. The molecule has 0 N–H and O–H groups in total. The zero-order valence-electron chi connectivity index (χ0n) is 9.93. The zero-order valence-corrected chi connectivity index (χ0v) is 9.93. The van der Waals surface area contributed by atoms with Gasteiger partial charge in [-0.2, -0.15) is 0 Å². The summed E-state index contributed by atoms with van der Waals surface area (Å²) in [6.07, 6.45) is 0. The van der Waals surface area contributed by atoms with Crippen molar-refractivity contribution in [3.63, 3.8) is 0 Å². The third-order valence-electron chi connectivity index (χ3n) is 2.98. The second-order valence-corrected chi connectivity index (χ2v) is 4.54. The molecule has 0 unspecified atom stereocenters. The average molecular weight is 210 g/mol. The predicted octanol–water partition coefficient (Wildman–Crippen LogP) is 4.47. The lowest BCUT2D eigenvalue weighted by atomic mass is 9.83. The van der Waals surface area contributed by atoms with Gasteiger partial charge in [-0.15, -0.1) is 0 Å². The van der Waals surface area contributed by atoms with Crippen molar-refractivity contribution < 1.29 is 0 Å². The van der Waals surface area contributed by atoms with Gasteiger partial charge in [0.25, 0.3) is 0 Å². The van der Waals surface area contributed by atoms with Crippen molar-refractivity contribution in [2.45, 2.75) is 19.8 Å². The summed E-state index contributed by atoms with van der Waals surface area (Å²) >= 11 is 0. The van der Waals surface area contributed by atoms with E-state index in [1.807, 2.05) is 0 Å². The zero-order chi connectivity index (χ0) is 11.4. The SMILES string of the molecule is CC(C)C(c1ccccc1)c1ccccc1.